The number of fused-ring (bicyclic) bond motifs is 3. The first-order valence-corrected chi connectivity index (χ1v) is 13.6. The number of aromatic nitrogens is 1. The average Bonchev–Trinajstić information content (AvgIpc) is 3.37. The standard InChI is InChI=1S/C36H30N3/c1-5-13-27(14-6-1)38(28-15-7-2-8-16-28)31-21-23-35-33(25-31)34-26-32(22-24-36(34)37-35)39(29-17-9-3-10-18-29)30-19-11-4-12-20-30/h1-20,23-25,37H,21-22,26H2/q+1. The van der Waals surface area contributed by atoms with Crippen LogP contribution < -0.4 is 20.2 Å². The third kappa shape index (κ3) is 4.42. The van der Waals surface area contributed by atoms with E-state index >= 15 is 0 Å². The number of hydrogen-bond acceptors (Lipinski definition) is 1. The van der Waals surface area contributed by atoms with Crippen molar-refractivity contribution in [1.82, 2.24) is 9.56 Å². The number of H-pyrrole nitrogens is 1. The van der Waals surface area contributed by atoms with E-state index in [2.05, 4.69) is 154 Å². The first kappa shape index (κ1) is 23.2. The molecule has 188 valence electrons. The van der Waals surface area contributed by atoms with Gasteiger partial charge in [0.2, 0.25) is 11.4 Å². The summed E-state index contributed by atoms with van der Waals surface area (Å²) in [6, 6.07) is 42.8. The van der Waals surface area contributed by atoms with Gasteiger partial charge in [0.25, 0.3) is 0 Å². The van der Waals surface area contributed by atoms with Crippen LogP contribution in [0, 0.1) is 0 Å². The molecule has 2 aliphatic rings. The van der Waals surface area contributed by atoms with Crippen LogP contribution in [0.25, 0.3) is 18.2 Å². The molecule has 0 bridgehead atoms. The van der Waals surface area contributed by atoms with Gasteiger partial charge in [-0.2, -0.15) is 4.58 Å². The minimum atomic E-state index is 0.868. The summed E-state index contributed by atoms with van der Waals surface area (Å²) in [5.74, 6) is 0. The van der Waals surface area contributed by atoms with Gasteiger partial charge in [-0.25, -0.2) is 0 Å². The van der Waals surface area contributed by atoms with Gasteiger partial charge >= 0.3 is 0 Å². The third-order valence-electron chi connectivity index (χ3n) is 7.62. The first-order valence-electron chi connectivity index (χ1n) is 13.6. The molecule has 3 nitrogen and oxygen atoms in total. The van der Waals surface area contributed by atoms with Crippen molar-refractivity contribution in [3.8, 4) is 0 Å². The van der Waals surface area contributed by atoms with E-state index in [1.54, 1.807) is 0 Å². The van der Waals surface area contributed by atoms with E-state index in [0.717, 1.165) is 19.3 Å². The number of aromatic amines is 1. The molecule has 0 unspecified atom stereocenters. The number of benzene rings is 4. The molecule has 0 radical (unpaired) electrons. The minimum Gasteiger partial charge on any atom is -0.355 e. The molecule has 0 saturated heterocycles. The number of nitrogens with one attached hydrogen (secondary N) is 1. The molecule has 0 amide bonds. The van der Waals surface area contributed by atoms with Crippen molar-refractivity contribution >= 4 is 46.7 Å². The SMILES string of the molecule is C1=C(N(c2ccccc2)c2ccccc2)CC=c2[nH]c3c(c21)CC(=[N+](c1ccccc1)c1ccccc1)CC=3. The zero-order valence-electron chi connectivity index (χ0n) is 21.8. The Hall–Kier alpha value is -4.89. The predicted octanol–water partition coefficient (Wildman–Crippen LogP) is 7.08. The largest absolute Gasteiger partial charge is 0.355 e. The normalized spacial score (nSPS) is 13.8. The maximum Gasteiger partial charge on any atom is 0.211 e. The zero-order chi connectivity index (χ0) is 26.0. The average molecular weight is 505 g/mol. The molecule has 39 heavy (non-hydrogen) atoms. The molecule has 2 aliphatic carbocycles. The number of allylic oxidation sites excluding steroid dienone is 1. The predicted molar refractivity (Wildman–Crippen MR) is 164 cm³/mol. The number of hydrogen-bond donors (Lipinski definition) is 1. The summed E-state index contributed by atoms with van der Waals surface area (Å²) < 4.78 is 2.43. The topological polar surface area (TPSA) is 22.0 Å². The van der Waals surface area contributed by atoms with Gasteiger partial charge in [-0.05, 0) is 35.9 Å². The number of rotatable bonds is 5. The number of anilines is 2. The van der Waals surface area contributed by atoms with Crippen molar-refractivity contribution in [3.05, 3.63) is 149 Å². The van der Waals surface area contributed by atoms with E-state index < -0.39 is 0 Å². The molecule has 1 heterocycles. The van der Waals surface area contributed by atoms with Crippen molar-refractivity contribution < 1.29 is 0 Å². The molecule has 1 aromatic heterocycles. The lowest BCUT2D eigenvalue weighted by molar-refractivity contribution is 1.02. The monoisotopic (exact) mass is 504 g/mol. The fourth-order valence-electron chi connectivity index (χ4n) is 5.84. The van der Waals surface area contributed by atoms with Crippen LogP contribution in [-0.2, 0) is 6.42 Å². The molecule has 0 atom stereocenters. The molecular formula is C36H30N3+. The molecule has 7 rings (SSSR count). The van der Waals surface area contributed by atoms with E-state index in [9.17, 15) is 0 Å². The van der Waals surface area contributed by atoms with Gasteiger partial charge in [-0.15, -0.1) is 0 Å². The Balaban J connectivity index is 1.35. The Morgan fingerprint density at radius 2 is 1.08 bits per heavy atom. The van der Waals surface area contributed by atoms with Crippen LogP contribution in [0.4, 0.5) is 22.7 Å². The van der Waals surface area contributed by atoms with Gasteiger partial charge in [0.05, 0.1) is 6.42 Å². The van der Waals surface area contributed by atoms with Crippen LogP contribution in [0.2, 0.25) is 0 Å². The minimum absolute atomic E-state index is 0.868. The van der Waals surface area contributed by atoms with Crippen molar-refractivity contribution in [3.63, 3.8) is 0 Å². The Kier molecular flexibility index (Phi) is 6.03. The third-order valence-corrected chi connectivity index (χ3v) is 7.62. The van der Waals surface area contributed by atoms with E-state index in [0.29, 0.717) is 0 Å². The molecule has 4 aromatic carbocycles. The number of nitrogens with zero attached hydrogens (tertiary/aromatic N) is 2. The van der Waals surface area contributed by atoms with Crippen LogP contribution in [-0.4, -0.2) is 10.7 Å². The van der Waals surface area contributed by atoms with Crippen LogP contribution in [0.1, 0.15) is 24.0 Å². The molecule has 1 N–H and O–H groups in total. The summed E-state index contributed by atoms with van der Waals surface area (Å²) in [4.78, 5) is 6.11. The molecular weight excluding hydrogens is 474 g/mol. The summed E-state index contributed by atoms with van der Waals surface area (Å²) in [5, 5.41) is 2.48. The molecule has 5 aromatic rings. The van der Waals surface area contributed by atoms with Crippen molar-refractivity contribution in [2.45, 2.75) is 19.3 Å². The van der Waals surface area contributed by atoms with Crippen LogP contribution in [0.15, 0.2) is 127 Å². The van der Waals surface area contributed by atoms with Gasteiger partial charge in [0.15, 0.2) is 5.71 Å². The summed E-state index contributed by atoms with van der Waals surface area (Å²) in [5.41, 5.74) is 10.1. The van der Waals surface area contributed by atoms with E-state index in [1.165, 1.54) is 56.0 Å². The second kappa shape index (κ2) is 10.1. The molecule has 0 spiro atoms. The van der Waals surface area contributed by atoms with Crippen LogP contribution in [0.5, 0.6) is 0 Å². The second-order valence-electron chi connectivity index (χ2n) is 10.1. The van der Waals surface area contributed by atoms with Crippen molar-refractivity contribution in [2.75, 3.05) is 4.90 Å². The summed E-state index contributed by atoms with van der Waals surface area (Å²) in [7, 11) is 0. The highest BCUT2D eigenvalue weighted by molar-refractivity contribution is 5.97. The lowest BCUT2D eigenvalue weighted by Gasteiger charge is -2.28. The number of para-hydroxylation sites is 4. The Morgan fingerprint density at radius 1 is 0.564 bits per heavy atom. The quantitative estimate of drug-likeness (QED) is 0.254. The van der Waals surface area contributed by atoms with E-state index in [1.807, 2.05) is 0 Å². The van der Waals surface area contributed by atoms with Gasteiger partial charge in [-0.3, -0.25) is 0 Å². The van der Waals surface area contributed by atoms with E-state index in [-0.39, 0.29) is 0 Å². The maximum absolute atomic E-state index is 3.73. The first-order chi connectivity index (χ1) is 19.3. The molecule has 0 fully saturated rings. The maximum atomic E-state index is 3.73. The smallest absolute Gasteiger partial charge is 0.211 e. The summed E-state index contributed by atoms with van der Waals surface area (Å²) in [6.07, 6.45) is 9.78. The Bertz CT molecular complexity index is 1720. The Morgan fingerprint density at radius 3 is 1.64 bits per heavy atom. The zero-order valence-corrected chi connectivity index (χ0v) is 21.8. The molecule has 0 saturated carbocycles. The fourth-order valence-corrected chi connectivity index (χ4v) is 5.84. The summed E-state index contributed by atoms with van der Waals surface area (Å²) >= 11 is 0. The van der Waals surface area contributed by atoms with Crippen LogP contribution >= 0.6 is 0 Å². The van der Waals surface area contributed by atoms with Gasteiger partial charge in [0, 0.05) is 70.4 Å². The van der Waals surface area contributed by atoms with Gasteiger partial charge in [0.1, 0.15) is 0 Å². The highest BCUT2D eigenvalue weighted by Gasteiger charge is 2.26. The van der Waals surface area contributed by atoms with Crippen molar-refractivity contribution in [1.29, 1.82) is 0 Å². The fraction of sp³-hybridized carbons (Fsp3) is 0.0833. The lowest BCUT2D eigenvalue weighted by atomic mass is 9.95. The second-order valence-corrected chi connectivity index (χ2v) is 10.1. The Labute approximate surface area is 229 Å². The van der Waals surface area contributed by atoms with Gasteiger partial charge < -0.3 is 9.88 Å². The van der Waals surface area contributed by atoms with Crippen molar-refractivity contribution in [2.24, 2.45) is 0 Å². The highest BCUT2D eigenvalue weighted by Crippen LogP contribution is 2.33. The van der Waals surface area contributed by atoms with Gasteiger partial charge in [-0.1, -0.05) is 84.9 Å². The molecule has 3 heteroatoms. The van der Waals surface area contributed by atoms with Crippen LogP contribution in [0.3, 0.4) is 0 Å². The summed E-state index contributed by atoms with van der Waals surface area (Å²) in [6.45, 7) is 0. The highest BCUT2D eigenvalue weighted by atomic mass is 15.1. The van der Waals surface area contributed by atoms with E-state index in [4.69, 9.17) is 0 Å². The lowest BCUT2D eigenvalue weighted by Crippen LogP contribution is -2.26. The molecule has 0 aliphatic heterocycles.